The molecule has 27 heavy (non-hydrogen) atoms. The number of carbonyl (C=O) groups excluding carboxylic acids is 1. The number of hydrogen-bond acceptors (Lipinski definition) is 8. The fraction of sp³-hybridized carbons (Fsp3) is 0.933. The average Bonchev–Trinajstić information content (AvgIpc) is 3.45. The first-order valence-electron chi connectivity index (χ1n) is 8.27. The van der Waals surface area contributed by atoms with Gasteiger partial charge in [-0.2, -0.15) is 17.2 Å². The molecule has 0 amide bonds. The third kappa shape index (κ3) is 6.29. The lowest BCUT2D eigenvalue weighted by Gasteiger charge is -2.24. The van der Waals surface area contributed by atoms with Crippen LogP contribution in [0.25, 0.3) is 0 Å². The lowest BCUT2D eigenvalue weighted by atomic mass is 10.1. The van der Waals surface area contributed by atoms with E-state index in [1.165, 1.54) is 0 Å². The molecule has 0 aromatic rings. The number of carbonyl (C=O) groups is 1. The Bertz CT molecular complexity index is 620. The largest absolute Gasteiger partial charge is 0.455 e. The van der Waals surface area contributed by atoms with Gasteiger partial charge in [0.15, 0.2) is 6.10 Å². The second kappa shape index (κ2) is 7.84. The summed E-state index contributed by atoms with van der Waals surface area (Å²) >= 11 is 0. The van der Waals surface area contributed by atoms with Gasteiger partial charge in [-0.3, -0.25) is 9.35 Å². The second-order valence-electron chi connectivity index (χ2n) is 7.32. The zero-order valence-electron chi connectivity index (χ0n) is 15.3. The Morgan fingerprint density at radius 2 is 1.56 bits per heavy atom. The van der Waals surface area contributed by atoms with Gasteiger partial charge in [0.1, 0.15) is 17.1 Å². The van der Waals surface area contributed by atoms with Crippen LogP contribution in [-0.2, 0) is 38.6 Å². The van der Waals surface area contributed by atoms with Gasteiger partial charge in [-0.05, 0) is 20.8 Å². The molecule has 12 heteroatoms. The lowest BCUT2D eigenvalue weighted by Crippen LogP contribution is -2.43. The van der Waals surface area contributed by atoms with E-state index in [1.54, 1.807) is 13.8 Å². The predicted octanol–water partition coefficient (Wildman–Crippen LogP) is 0.626. The Balaban J connectivity index is 1.91. The molecule has 3 atom stereocenters. The molecule has 0 saturated carbocycles. The van der Waals surface area contributed by atoms with Crippen LogP contribution in [0.5, 0.6) is 0 Å². The van der Waals surface area contributed by atoms with Gasteiger partial charge in [0.25, 0.3) is 0 Å². The van der Waals surface area contributed by atoms with Crippen molar-refractivity contribution in [3.8, 4) is 0 Å². The van der Waals surface area contributed by atoms with Gasteiger partial charge in [-0.15, -0.1) is 0 Å². The third-order valence-corrected chi connectivity index (χ3v) is 5.19. The maximum Gasteiger partial charge on any atom is 0.405 e. The minimum Gasteiger partial charge on any atom is -0.455 e. The molecular weight excluding hydrogens is 394 g/mol. The first kappa shape index (κ1) is 22.4. The first-order chi connectivity index (χ1) is 12.3. The molecule has 2 heterocycles. The van der Waals surface area contributed by atoms with Crippen molar-refractivity contribution in [2.75, 3.05) is 39.6 Å². The standard InChI is InChI=1S/C15H24F2O9S/c1-10(15(16,17)27(19,20)21)26-12(18)11(4-22-6-13(2)8-24-13)5-23-7-14(3)9-25-14/h10-11H,4-9H2,1-3H3,(H,19,20,21). The molecule has 0 aromatic carbocycles. The molecule has 9 nitrogen and oxygen atoms in total. The summed E-state index contributed by atoms with van der Waals surface area (Å²) in [5.74, 6) is -2.20. The van der Waals surface area contributed by atoms with E-state index in [2.05, 4.69) is 4.74 Å². The van der Waals surface area contributed by atoms with Crippen LogP contribution in [0.1, 0.15) is 20.8 Å². The molecule has 0 radical (unpaired) electrons. The summed E-state index contributed by atoms with van der Waals surface area (Å²) in [4.78, 5) is 12.2. The SMILES string of the molecule is CC(OC(=O)C(COCC1(C)CO1)COCC1(C)CO1)C(F)(F)S(=O)(=O)O. The van der Waals surface area contributed by atoms with Crippen molar-refractivity contribution >= 4 is 16.1 Å². The van der Waals surface area contributed by atoms with E-state index in [4.69, 9.17) is 23.5 Å². The zero-order valence-corrected chi connectivity index (χ0v) is 16.1. The number of ether oxygens (including phenoxy) is 5. The zero-order chi connectivity index (χ0) is 20.5. The summed E-state index contributed by atoms with van der Waals surface area (Å²) in [7, 11) is -5.74. The normalized spacial score (nSPS) is 29.9. The molecule has 0 aromatic heterocycles. The van der Waals surface area contributed by atoms with Crippen LogP contribution < -0.4 is 0 Å². The molecule has 2 saturated heterocycles. The number of alkyl halides is 2. The van der Waals surface area contributed by atoms with Gasteiger partial charge in [0.05, 0.1) is 39.6 Å². The first-order valence-corrected chi connectivity index (χ1v) is 9.71. The molecule has 2 aliphatic rings. The van der Waals surface area contributed by atoms with Crippen LogP contribution >= 0.6 is 0 Å². The quantitative estimate of drug-likeness (QED) is 0.276. The Hall–Kier alpha value is -0.920. The smallest absolute Gasteiger partial charge is 0.405 e. The van der Waals surface area contributed by atoms with Crippen molar-refractivity contribution in [2.45, 2.75) is 43.3 Å². The van der Waals surface area contributed by atoms with Gasteiger partial charge < -0.3 is 23.7 Å². The molecule has 158 valence electrons. The van der Waals surface area contributed by atoms with Crippen molar-refractivity contribution < 1.29 is 50.2 Å². The second-order valence-corrected chi connectivity index (χ2v) is 8.81. The van der Waals surface area contributed by atoms with Gasteiger partial charge in [0, 0.05) is 0 Å². The van der Waals surface area contributed by atoms with Crippen molar-refractivity contribution in [3.63, 3.8) is 0 Å². The fourth-order valence-corrected chi connectivity index (χ4v) is 2.45. The minimum absolute atomic E-state index is 0.189. The highest BCUT2D eigenvalue weighted by Crippen LogP contribution is 2.29. The Labute approximate surface area is 156 Å². The number of halogens is 2. The van der Waals surface area contributed by atoms with E-state index in [9.17, 15) is 22.0 Å². The lowest BCUT2D eigenvalue weighted by molar-refractivity contribution is -0.169. The van der Waals surface area contributed by atoms with E-state index in [1.807, 2.05) is 0 Å². The van der Waals surface area contributed by atoms with Gasteiger partial charge in [-0.25, -0.2) is 0 Å². The van der Waals surface area contributed by atoms with E-state index in [0.717, 1.165) is 0 Å². The van der Waals surface area contributed by atoms with E-state index < -0.39 is 44.6 Å². The Morgan fingerprint density at radius 3 is 1.89 bits per heavy atom. The highest BCUT2D eigenvalue weighted by atomic mass is 32.2. The number of esters is 1. The molecule has 0 spiro atoms. The highest BCUT2D eigenvalue weighted by molar-refractivity contribution is 7.86. The van der Waals surface area contributed by atoms with E-state index in [-0.39, 0.29) is 26.4 Å². The maximum atomic E-state index is 13.6. The maximum absolute atomic E-state index is 13.6. The molecule has 0 bridgehead atoms. The number of epoxide rings is 2. The summed E-state index contributed by atoms with van der Waals surface area (Å²) in [5, 5.41) is -4.64. The van der Waals surface area contributed by atoms with Crippen molar-refractivity contribution in [3.05, 3.63) is 0 Å². The summed E-state index contributed by atoms with van der Waals surface area (Å²) < 4.78 is 82.9. The fourth-order valence-electron chi connectivity index (χ4n) is 1.98. The monoisotopic (exact) mass is 418 g/mol. The molecule has 2 fully saturated rings. The van der Waals surface area contributed by atoms with Crippen LogP contribution in [0.2, 0.25) is 0 Å². The summed E-state index contributed by atoms with van der Waals surface area (Å²) in [6, 6.07) is 0. The molecule has 0 aliphatic carbocycles. The minimum atomic E-state index is -5.74. The van der Waals surface area contributed by atoms with Crippen molar-refractivity contribution in [1.82, 2.24) is 0 Å². The van der Waals surface area contributed by atoms with Crippen LogP contribution in [0, 0.1) is 5.92 Å². The Kier molecular flexibility index (Phi) is 6.49. The van der Waals surface area contributed by atoms with Crippen LogP contribution in [0.4, 0.5) is 8.78 Å². The predicted molar refractivity (Wildman–Crippen MR) is 85.9 cm³/mol. The number of rotatable bonds is 12. The van der Waals surface area contributed by atoms with Crippen molar-refractivity contribution in [2.24, 2.45) is 5.92 Å². The summed E-state index contributed by atoms with van der Waals surface area (Å²) in [5.41, 5.74) is -0.869. The molecule has 2 aliphatic heterocycles. The van der Waals surface area contributed by atoms with Gasteiger partial charge in [-0.1, -0.05) is 0 Å². The van der Waals surface area contributed by atoms with E-state index >= 15 is 0 Å². The topological polar surface area (TPSA) is 124 Å². The Morgan fingerprint density at radius 1 is 1.15 bits per heavy atom. The average molecular weight is 418 g/mol. The van der Waals surface area contributed by atoms with E-state index in [0.29, 0.717) is 20.1 Å². The third-order valence-electron chi connectivity index (χ3n) is 4.17. The van der Waals surface area contributed by atoms with Crippen LogP contribution in [0.3, 0.4) is 0 Å². The molecule has 1 N–H and O–H groups in total. The van der Waals surface area contributed by atoms with Gasteiger partial charge in [0.2, 0.25) is 0 Å². The molecular formula is C15H24F2O9S. The van der Waals surface area contributed by atoms with Crippen LogP contribution in [0.15, 0.2) is 0 Å². The number of hydrogen-bond donors (Lipinski definition) is 1. The summed E-state index contributed by atoms with van der Waals surface area (Å²) in [6.07, 6.45) is -2.39. The molecule has 3 unspecified atom stereocenters. The van der Waals surface area contributed by atoms with Crippen molar-refractivity contribution in [1.29, 1.82) is 0 Å². The summed E-state index contributed by atoms with van der Waals surface area (Å²) in [6.45, 7) is 5.27. The highest BCUT2D eigenvalue weighted by Gasteiger charge is 2.52. The van der Waals surface area contributed by atoms with Crippen LogP contribution in [-0.4, -0.2) is 81.1 Å². The van der Waals surface area contributed by atoms with Gasteiger partial charge >= 0.3 is 21.3 Å². The molecule has 2 rings (SSSR count).